The number of rotatable bonds is 2. The first kappa shape index (κ1) is 19.1. The Morgan fingerprint density at radius 2 is 2.00 bits per heavy atom. The lowest BCUT2D eigenvalue weighted by Crippen LogP contribution is -2.54. The van der Waals surface area contributed by atoms with Gasteiger partial charge < -0.3 is 16.2 Å². The summed E-state index contributed by atoms with van der Waals surface area (Å²) in [7, 11) is 0. The number of aldehydes is 1. The standard InChI is InChI=1S/C10H21N3O2.C6H5NO/c1-10(2,3)15-8-6-7(11)4-5-13(8)9(12)14;8-5-6-1-3-7-4-2-6/h7-8H,4-6,11H2,1-3H3,(H2,12,14);1-5H. The molecule has 1 saturated heterocycles. The number of carbonyl (C=O) groups excluding carboxylic acids is 2. The molecule has 1 aromatic heterocycles. The third-order valence-corrected chi connectivity index (χ3v) is 3.21. The van der Waals surface area contributed by atoms with Crippen LogP contribution in [0.3, 0.4) is 0 Å². The quantitative estimate of drug-likeness (QED) is 0.802. The molecule has 2 amide bonds. The minimum absolute atomic E-state index is 0.0907. The molecule has 1 aliphatic heterocycles. The van der Waals surface area contributed by atoms with Crippen LogP contribution in [0.4, 0.5) is 4.79 Å². The number of nitrogens with two attached hydrogens (primary N) is 2. The first-order chi connectivity index (χ1) is 10.7. The average molecular weight is 322 g/mol. The molecule has 2 rings (SSSR count). The molecule has 7 nitrogen and oxygen atoms in total. The highest BCUT2D eigenvalue weighted by Crippen LogP contribution is 2.22. The van der Waals surface area contributed by atoms with Crippen molar-refractivity contribution in [1.82, 2.24) is 9.88 Å². The minimum atomic E-state index is -0.434. The number of hydrogen-bond donors (Lipinski definition) is 2. The Morgan fingerprint density at radius 1 is 1.39 bits per heavy atom. The lowest BCUT2D eigenvalue weighted by Gasteiger charge is -2.40. The van der Waals surface area contributed by atoms with Gasteiger partial charge in [-0.2, -0.15) is 0 Å². The van der Waals surface area contributed by atoms with E-state index in [0.717, 1.165) is 12.7 Å². The minimum Gasteiger partial charge on any atom is -0.353 e. The van der Waals surface area contributed by atoms with Crippen LogP contribution in [-0.4, -0.2) is 46.6 Å². The number of primary amides is 1. The first-order valence-corrected chi connectivity index (χ1v) is 7.57. The maximum atomic E-state index is 11.2. The van der Waals surface area contributed by atoms with Crippen LogP contribution in [0.2, 0.25) is 0 Å². The van der Waals surface area contributed by atoms with E-state index in [1.807, 2.05) is 20.8 Å². The van der Waals surface area contributed by atoms with Crippen molar-refractivity contribution in [2.45, 2.75) is 51.5 Å². The van der Waals surface area contributed by atoms with Gasteiger partial charge in [0.2, 0.25) is 0 Å². The predicted molar refractivity (Wildman–Crippen MR) is 87.7 cm³/mol. The molecule has 1 aromatic rings. The van der Waals surface area contributed by atoms with E-state index in [-0.39, 0.29) is 17.9 Å². The second kappa shape index (κ2) is 8.59. The molecule has 7 heteroatoms. The fourth-order valence-electron chi connectivity index (χ4n) is 2.17. The Hall–Kier alpha value is -1.99. The van der Waals surface area contributed by atoms with Crippen molar-refractivity contribution in [1.29, 1.82) is 0 Å². The number of urea groups is 1. The van der Waals surface area contributed by atoms with Crippen molar-refractivity contribution in [3.05, 3.63) is 30.1 Å². The van der Waals surface area contributed by atoms with Gasteiger partial charge in [0.25, 0.3) is 0 Å². The molecule has 0 radical (unpaired) electrons. The maximum Gasteiger partial charge on any atom is 0.316 e. The van der Waals surface area contributed by atoms with Crippen molar-refractivity contribution >= 4 is 12.3 Å². The van der Waals surface area contributed by atoms with Gasteiger partial charge in [0, 0.05) is 37.0 Å². The summed E-state index contributed by atoms with van der Waals surface area (Å²) < 4.78 is 5.77. The second-order valence-electron chi connectivity index (χ2n) is 6.40. The van der Waals surface area contributed by atoms with Crippen LogP contribution in [0, 0.1) is 0 Å². The van der Waals surface area contributed by atoms with Gasteiger partial charge in [0.15, 0.2) is 0 Å². The van der Waals surface area contributed by atoms with E-state index < -0.39 is 6.03 Å². The van der Waals surface area contributed by atoms with Gasteiger partial charge in [0.1, 0.15) is 12.5 Å². The van der Waals surface area contributed by atoms with Crippen molar-refractivity contribution in [3.8, 4) is 0 Å². The zero-order valence-corrected chi connectivity index (χ0v) is 13.9. The van der Waals surface area contributed by atoms with E-state index in [9.17, 15) is 9.59 Å². The molecular weight excluding hydrogens is 296 g/mol. The topological polar surface area (TPSA) is 112 Å². The summed E-state index contributed by atoms with van der Waals surface area (Å²) in [6.07, 6.45) is 5.12. The molecule has 1 aliphatic rings. The van der Waals surface area contributed by atoms with E-state index >= 15 is 0 Å². The first-order valence-electron chi connectivity index (χ1n) is 7.57. The number of nitrogens with zero attached hydrogens (tertiary/aromatic N) is 2. The maximum absolute atomic E-state index is 11.2. The summed E-state index contributed by atoms with van der Waals surface area (Å²) in [6, 6.07) is 2.98. The molecule has 23 heavy (non-hydrogen) atoms. The highest BCUT2D eigenvalue weighted by molar-refractivity contribution is 5.74. The Balaban J connectivity index is 0.000000277. The molecule has 0 aromatic carbocycles. The molecule has 0 saturated carbocycles. The van der Waals surface area contributed by atoms with Crippen LogP contribution in [0.25, 0.3) is 0 Å². The van der Waals surface area contributed by atoms with Gasteiger partial charge in [0.05, 0.1) is 5.60 Å². The lowest BCUT2D eigenvalue weighted by atomic mass is 10.0. The molecule has 0 bridgehead atoms. The summed E-state index contributed by atoms with van der Waals surface area (Å²) in [6.45, 7) is 6.43. The number of hydrogen-bond acceptors (Lipinski definition) is 5. The Labute approximate surface area is 137 Å². The largest absolute Gasteiger partial charge is 0.353 e. The summed E-state index contributed by atoms with van der Waals surface area (Å²) in [5.41, 5.74) is 11.5. The number of aromatic nitrogens is 1. The highest BCUT2D eigenvalue weighted by Gasteiger charge is 2.32. The van der Waals surface area contributed by atoms with E-state index in [1.54, 1.807) is 29.4 Å². The normalized spacial score (nSPS) is 21.1. The van der Waals surface area contributed by atoms with Crippen LogP contribution in [0.15, 0.2) is 24.5 Å². The summed E-state index contributed by atoms with van der Waals surface area (Å²) in [5, 5.41) is 0. The molecule has 0 spiro atoms. The van der Waals surface area contributed by atoms with E-state index in [2.05, 4.69) is 4.98 Å². The number of amides is 2. The molecule has 4 N–H and O–H groups in total. The summed E-state index contributed by atoms with van der Waals surface area (Å²) >= 11 is 0. The van der Waals surface area contributed by atoms with Crippen molar-refractivity contribution in [3.63, 3.8) is 0 Å². The third kappa shape index (κ3) is 7.21. The van der Waals surface area contributed by atoms with Gasteiger partial charge in [-0.3, -0.25) is 14.7 Å². The molecule has 128 valence electrons. The highest BCUT2D eigenvalue weighted by atomic mass is 16.5. The van der Waals surface area contributed by atoms with E-state index in [1.165, 1.54) is 0 Å². The molecular formula is C16H26N4O3. The third-order valence-electron chi connectivity index (χ3n) is 3.21. The predicted octanol–water partition coefficient (Wildman–Crippen LogP) is 1.52. The second-order valence-corrected chi connectivity index (χ2v) is 6.40. The Kier molecular flexibility index (Phi) is 7.12. The van der Waals surface area contributed by atoms with Crippen LogP contribution in [-0.2, 0) is 4.74 Å². The van der Waals surface area contributed by atoms with Crippen LogP contribution < -0.4 is 11.5 Å². The number of pyridine rings is 1. The fraction of sp³-hybridized carbons (Fsp3) is 0.562. The molecule has 0 aliphatic carbocycles. The number of piperidine rings is 1. The molecule has 1 fully saturated rings. The Morgan fingerprint density at radius 3 is 2.43 bits per heavy atom. The van der Waals surface area contributed by atoms with Gasteiger partial charge in [-0.25, -0.2) is 4.79 Å². The number of carbonyl (C=O) groups is 2. The summed E-state index contributed by atoms with van der Waals surface area (Å²) in [4.78, 5) is 26.4. The van der Waals surface area contributed by atoms with E-state index in [0.29, 0.717) is 18.5 Å². The van der Waals surface area contributed by atoms with Crippen LogP contribution >= 0.6 is 0 Å². The summed E-state index contributed by atoms with van der Waals surface area (Å²) in [5.74, 6) is 0. The van der Waals surface area contributed by atoms with Crippen molar-refractivity contribution in [2.24, 2.45) is 11.5 Å². The van der Waals surface area contributed by atoms with E-state index in [4.69, 9.17) is 16.2 Å². The molecule has 2 unspecified atom stereocenters. The van der Waals surface area contributed by atoms with Crippen LogP contribution in [0.5, 0.6) is 0 Å². The SMILES string of the molecule is CC(C)(C)OC1CC(N)CCN1C(N)=O.O=Cc1ccncc1. The van der Waals surface area contributed by atoms with Gasteiger partial charge in [-0.15, -0.1) is 0 Å². The average Bonchev–Trinajstić information content (AvgIpc) is 2.47. The number of ether oxygens (including phenoxy) is 1. The Bertz CT molecular complexity index is 502. The molecule has 2 heterocycles. The van der Waals surface area contributed by atoms with Gasteiger partial charge >= 0.3 is 6.03 Å². The van der Waals surface area contributed by atoms with Crippen LogP contribution in [0.1, 0.15) is 44.0 Å². The zero-order chi connectivity index (χ0) is 17.5. The number of likely N-dealkylation sites (tertiary alicyclic amines) is 1. The monoisotopic (exact) mass is 322 g/mol. The van der Waals surface area contributed by atoms with Crippen molar-refractivity contribution < 1.29 is 14.3 Å². The van der Waals surface area contributed by atoms with Gasteiger partial charge in [-0.05, 0) is 39.3 Å². The van der Waals surface area contributed by atoms with Crippen molar-refractivity contribution in [2.75, 3.05) is 6.54 Å². The smallest absolute Gasteiger partial charge is 0.316 e. The lowest BCUT2D eigenvalue weighted by molar-refractivity contribution is -0.131. The fourth-order valence-corrected chi connectivity index (χ4v) is 2.17. The molecule has 2 atom stereocenters. The zero-order valence-electron chi connectivity index (χ0n) is 13.9. The van der Waals surface area contributed by atoms with Gasteiger partial charge in [-0.1, -0.05) is 0 Å².